The van der Waals surface area contributed by atoms with Crippen LogP contribution in [0.4, 0.5) is 0 Å². The molecule has 3 heteroatoms. The molecule has 1 aromatic rings. The van der Waals surface area contributed by atoms with Gasteiger partial charge in [0, 0.05) is 10.9 Å². The van der Waals surface area contributed by atoms with Gasteiger partial charge in [0.2, 0.25) is 0 Å². The first-order valence-electron chi connectivity index (χ1n) is 6.02. The molecule has 0 fully saturated rings. The summed E-state index contributed by atoms with van der Waals surface area (Å²) in [5.74, 6) is 1.43. The largest absolute Gasteiger partial charge is 0.314 e. The lowest BCUT2D eigenvalue weighted by atomic mass is 9.86. The maximum Gasteiger partial charge on any atom is 0.0701 e. The highest BCUT2D eigenvalue weighted by Crippen LogP contribution is 2.28. The van der Waals surface area contributed by atoms with Crippen LogP contribution in [0.5, 0.6) is 0 Å². The maximum absolute atomic E-state index is 3.55. The maximum atomic E-state index is 3.55. The van der Waals surface area contributed by atoms with Crippen LogP contribution in [0.15, 0.2) is 15.9 Å². The van der Waals surface area contributed by atoms with E-state index in [-0.39, 0.29) is 0 Å². The molecule has 1 heterocycles. The van der Waals surface area contributed by atoms with Crippen LogP contribution >= 0.6 is 27.3 Å². The number of hydrogen-bond acceptors (Lipinski definition) is 2. The quantitative estimate of drug-likeness (QED) is 0.825. The van der Waals surface area contributed by atoms with E-state index in [1.165, 1.54) is 15.1 Å². The highest BCUT2D eigenvalue weighted by atomic mass is 79.9. The molecule has 2 atom stereocenters. The van der Waals surface area contributed by atoms with E-state index in [4.69, 9.17) is 0 Å². The lowest BCUT2D eigenvalue weighted by Gasteiger charge is -2.27. The van der Waals surface area contributed by atoms with Crippen molar-refractivity contribution in [3.63, 3.8) is 0 Å². The Labute approximate surface area is 112 Å². The van der Waals surface area contributed by atoms with Crippen LogP contribution in [0.1, 0.15) is 32.6 Å². The van der Waals surface area contributed by atoms with Gasteiger partial charge in [-0.1, -0.05) is 20.8 Å². The minimum Gasteiger partial charge on any atom is -0.314 e. The van der Waals surface area contributed by atoms with Crippen molar-refractivity contribution in [3.05, 3.63) is 20.8 Å². The molecule has 0 aliphatic rings. The topological polar surface area (TPSA) is 12.0 Å². The summed E-state index contributed by atoms with van der Waals surface area (Å²) in [6.07, 6.45) is 1.18. The summed E-state index contributed by atoms with van der Waals surface area (Å²) in [4.78, 5) is 1.48. The van der Waals surface area contributed by atoms with E-state index < -0.39 is 0 Å². The van der Waals surface area contributed by atoms with Crippen LogP contribution in [0, 0.1) is 11.8 Å². The van der Waals surface area contributed by atoms with Gasteiger partial charge in [-0.25, -0.2) is 0 Å². The molecule has 2 unspecified atom stereocenters. The number of thiophene rings is 1. The van der Waals surface area contributed by atoms with Gasteiger partial charge in [-0.15, -0.1) is 11.3 Å². The van der Waals surface area contributed by atoms with Gasteiger partial charge in [0.15, 0.2) is 0 Å². The second-order valence-electron chi connectivity index (χ2n) is 4.66. The first-order valence-corrected chi connectivity index (χ1v) is 7.63. The molecule has 0 aliphatic carbocycles. The third-order valence-electron chi connectivity index (χ3n) is 3.09. The highest BCUT2D eigenvalue weighted by Gasteiger charge is 2.21. The van der Waals surface area contributed by atoms with Crippen molar-refractivity contribution in [3.8, 4) is 0 Å². The molecule has 0 aliphatic heterocycles. The second kappa shape index (κ2) is 6.77. The predicted octanol–water partition coefficient (Wildman–Crippen LogP) is 4.32. The Balaban J connectivity index is 2.64. The van der Waals surface area contributed by atoms with Gasteiger partial charge in [0.25, 0.3) is 0 Å². The lowest BCUT2D eigenvalue weighted by molar-refractivity contribution is 0.293. The van der Waals surface area contributed by atoms with E-state index in [0.717, 1.165) is 12.5 Å². The zero-order valence-electron chi connectivity index (χ0n) is 10.6. The van der Waals surface area contributed by atoms with Crippen molar-refractivity contribution >= 4 is 27.3 Å². The molecular formula is C13H22BrNS. The summed E-state index contributed by atoms with van der Waals surface area (Å²) < 4.78 is 1.24. The summed E-state index contributed by atoms with van der Waals surface area (Å²) in [6, 6.07) is 4.98. The standard InChI is InChI=1S/C13H22BrNS/c1-5-15-10(4)12(9(2)3)8-11-6-7-13(14)16-11/h6-7,9-10,12,15H,5,8H2,1-4H3. The molecule has 1 N–H and O–H groups in total. The monoisotopic (exact) mass is 303 g/mol. The van der Waals surface area contributed by atoms with Gasteiger partial charge in [-0.05, 0) is 59.8 Å². The fourth-order valence-corrected chi connectivity index (χ4v) is 3.71. The van der Waals surface area contributed by atoms with Gasteiger partial charge < -0.3 is 5.32 Å². The van der Waals surface area contributed by atoms with E-state index in [0.29, 0.717) is 12.0 Å². The van der Waals surface area contributed by atoms with Gasteiger partial charge in [0.1, 0.15) is 0 Å². The van der Waals surface area contributed by atoms with Crippen molar-refractivity contribution in [2.75, 3.05) is 6.54 Å². The van der Waals surface area contributed by atoms with Crippen LogP contribution in [0.2, 0.25) is 0 Å². The SMILES string of the molecule is CCNC(C)C(Cc1ccc(Br)s1)C(C)C. The average molecular weight is 304 g/mol. The minimum absolute atomic E-state index is 0.589. The van der Waals surface area contributed by atoms with E-state index in [1.807, 2.05) is 11.3 Å². The minimum atomic E-state index is 0.589. The zero-order chi connectivity index (χ0) is 12.1. The van der Waals surface area contributed by atoms with Gasteiger partial charge >= 0.3 is 0 Å². The number of rotatable bonds is 6. The van der Waals surface area contributed by atoms with Crippen LogP contribution in [0.3, 0.4) is 0 Å². The Morgan fingerprint density at radius 2 is 2.00 bits per heavy atom. The molecule has 1 rings (SSSR count). The number of hydrogen-bond donors (Lipinski definition) is 1. The van der Waals surface area contributed by atoms with Gasteiger partial charge in [-0.2, -0.15) is 0 Å². The normalized spacial score (nSPS) is 15.4. The fraction of sp³-hybridized carbons (Fsp3) is 0.692. The molecule has 0 saturated carbocycles. The van der Waals surface area contributed by atoms with E-state index >= 15 is 0 Å². The molecule has 0 saturated heterocycles. The molecule has 0 amide bonds. The predicted molar refractivity (Wildman–Crippen MR) is 77.2 cm³/mol. The molecular weight excluding hydrogens is 282 g/mol. The summed E-state index contributed by atoms with van der Waals surface area (Å²) in [6.45, 7) is 10.2. The lowest BCUT2D eigenvalue weighted by Crippen LogP contribution is -2.37. The van der Waals surface area contributed by atoms with Crippen molar-refractivity contribution in [2.45, 2.75) is 40.2 Å². The van der Waals surface area contributed by atoms with Crippen LogP contribution in [-0.4, -0.2) is 12.6 Å². The molecule has 1 aromatic heterocycles. The number of nitrogens with one attached hydrogen (secondary N) is 1. The molecule has 1 nitrogen and oxygen atoms in total. The molecule has 0 bridgehead atoms. The summed E-state index contributed by atoms with van der Waals surface area (Å²) in [5.41, 5.74) is 0. The molecule has 16 heavy (non-hydrogen) atoms. The average Bonchev–Trinajstić information content (AvgIpc) is 2.60. The summed E-state index contributed by atoms with van der Waals surface area (Å²) in [5, 5.41) is 3.55. The number of halogens is 1. The first kappa shape index (κ1) is 14.2. The Kier molecular flexibility index (Phi) is 6.01. The molecule has 0 aromatic carbocycles. The highest BCUT2D eigenvalue weighted by molar-refractivity contribution is 9.11. The van der Waals surface area contributed by atoms with Gasteiger partial charge in [0.05, 0.1) is 3.79 Å². The Morgan fingerprint density at radius 1 is 1.31 bits per heavy atom. The third-order valence-corrected chi connectivity index (χ3v) is 4.74. The Hall–Kier alpha value is 0.140. The smallest absolute Gasteiger partial charge is 0.0701 e. The van der Waals surface area contributed by atoms with Crippen molar-refractivity contribution < 1.29 is 0 Å². The van der Waals surface area contributed by atoms with Crippen molar-refractivity contribution in [2.24, 2.45) is 11.8 Å². The van der Waals surface area contributed by atoms with Crippen LogP contribution in [-0.2, 0) is 6.42 Å². The van der Waals surface area contributed by atoms with E-state index in [1.54, 1.807) is 0 Å². The van der Waals surface area contributed by atoms with E-state index in [9.17, 15) is 0 Å². The Morgan fingerprint density at radius 3 is 2.44 bits per heavy atom. The molecule has 0 radical (unpaired) electrons. The Bertz CT molecular complexity index is 309. The zero-order valence-corrected chi connectivity index (χ0v) is 13.0. The van der Waals surface area contributed by atoms with Crippen molar-refractivity contribution in [1.82, 2.24) is 5.32 Å². The fourth-order valence-electron chi connectivity index (χ4n) is 2.16. The van der Waals surface area contributed by atoms with Gasteiger partial charge in [-0.3, -0.25) is 0 Å². The first-order chi connectivity index (χ1) is 7.54. The van der Waals surface area contributed by atoms with Crippen LogP contribution in [0.25, 0.3) is 0 Å². The summed E-state index contributed by atoms with van der Waals surface area (Å²) >= 11 is 5.39. The van der Waals surface area contributed by atoms with Crippen LogP contribution < -0.4 is 5.32 Å². The molecule has 0 spiro atoms. The van der Waals surface area contributed by atoms with Crippen molar-refractivity contribution in [1.29, 1.82) is 0 Å². The molecule has 92 valence electrons. The second-order valence-corrected chi connectivity index (χ2v) is 7.21. The summed E-state index contributed by atoms with van der Waals surface area (Å²) in [7, 11) is 0. The third kappa shape index (κ3) is 4.19. The van der Waals surface area contributed by atoms with E-state index in [2.05, 4.69) is 61.1 Å².